The van der Waals surface area contributed by atoms with Gasteiger partial charge in [0, 0.05) is 5.02 Å². The van der Waals surface area contributed by atoms with Crippen molar-refractivity contribution in [3.8, 4) is 0 Å². The molecular formula is C20H25ClN2O3S. The standard InChI is InChI=1S/C20H25ClN2O3S/c1-5-19(16-8-6-14(2)7-9-16)22-20(24)15(3)23(27(4,25)26)18-12-10-17(21)11-13-18/h6-13,15,19H,5H2,1-4H3,(H,22,24)/t15-,19-/m1/s1. The smallest absolute Gasteiger partial charge is 0.244 e. The molecule has 0 aliphatic rings. The molecule has 2 aromatic carbocycles. The Bertz CT molecular complexity index is 880. The van der Waals surface area contributed by atoms with Crippen LogP contribution in [0.4, 0.5) is 5.69 Å². The van der Waals surface area contributed by atoms with Gasteiger partial charge in [-0.3, -0.25) is 9.10 Å². The van der Waals surface area contributed by atoms with Gasteiger partial charge in [-0.05, 0) is 50.1 Å². The molecule has 146 valence electrons. The predicted octanol–water partition coefficient (Wildman–Crippen LogP) is 4.07. The summed E-state index contributed by atoms with van der Waals surface area (Å²) in [5.41, 5.74) is 2.52. The average molecular weight is 409 g/mol. The minimum Gasteiger partial charge on any atom is -0.347 e. The Labute approximate surface area is 166 Å². The molecule has 2 aromatic rings. The number of rotatable bonds is 7. The Morgan fingerprint density at radius 3 is 2.15 bits per heavy atom. The van der Waals surface area contributed by atoms with Gasteiger partial charge in [-0.2, -0.15) is 0 Å². The lowest BCUT2D eigenvalue weighted by molar-refractivity contribution is -0.122. The van der Waals surface area contributed by atoms with Gasteiger partial charge >= 0.3 is 0 Å². The lowest BCUT2D eigenvalue weighted by Gasteiger charge is -2.29. The van der Waals surface area contributed by atoms with E-state index >= 15 is 0 Å². The number of amides is 1. The highest BCUT2D eigenvalue weighted by Crippen LogP contribution is 2.24. The zero-order valence-corrected chi connectivity index (χ0v) is 17.5. The number of aryl methyl sites for hydroxylation is 1. The number of sulfonamides is 1. The van der Waals surface area contributed by atoms with Gasteiger partial charge in [0.1, 0.15) is 6.04 Å². The van der Waals surface area contributed by atoms with E-state index in [1.807, 2.05) is 38.1 Å². The Hall–Kier alpha value is -2.05. The fourth-order valence-corrected chi connectivity index (χ4v) is 4.21. The molecule has 0 aliphatic carbocycles. The van der Waals surface area contributed by atoms with E-state index in [9.17, 15) is 13.2 Å². The third-order valence-electron chi connectivity index (χ3n) is 4.37. The van der Waals surface area contributed by atoms with E-state index in [0.29, 0.717) is 17.1 Å². The Morgan fingerprint density at radius 1 is 1.11 bits per heavy atom. The molecule has 0 spiro atoms. The maximum atomic E-state index is 12.8. The van der Waals surface area contributed by atoms with Crippen molar-refractivity contribution in [1.82, 2.24) is 5.32 Å². The molecule has 0 heterocycles. The normalized spacial score (nSPS) is 13.7. The summed E-state index contributed by atoms with van der Waals surface area (Å²) in [7, 11) is -3.66. The number of hydrogen-bond acceptors (Lipinski definition) is 3. The van der Waals surface area contributed by atoms with E-state index in [1.165, 1.54) is 0 Å². The monoisotopic (exact) mass is 408 g/mol. The third kappa shape index (κ3) is 5.47. The molecule has 0 radical (unpaired) electrons. The Balaban J connectivity index is 2.26. The number of nitrogens with one attached hydrogen (secondary N) is 1. The van der Waals surface area contributed by atoms with E-state index in [1.54, 1.807) is 31.2 Å². The second-order valence-electron chi connectivity index (χ2n) is 6.59. The van der Waals surface area contributed by atoms with Crippen molar-refractivity contribution in [2.24, 2.45) is 0 Å². The van der Waals surface area contributed by atoms with Crippen LogP contribution in [0.2, 0.25) is 5.02 Å². The highest BCUT2D eigenvalue weighted by Gasteiger charge is 2.30. The van der Waals surface area contributed by atoms with Crippen molar-refractivity contribution in [3.63, 3.8) is 0 Å². The lowest BCUT2D eigenvalue weighted by atomic mass is 10.0. The molecule has 0 fully saturated rings. The van der Waals surface area contributed by atoms with E-state index < -0.39 is 16.1 Å². The molecular weight excluding hydrogens is 384 g/mol. The van der Waals surface area contributed by atoms with Crippen LogP contribution in [0.3, 0.4) is 0 Å². The molecule has 7 heteroatoms. The first-order chi connectivity index (χ1) is 12.6. The van der Waals surface area contributed by atoms with Crippen LogP contribution in [0.5, 0.6) is 0 Å². The zero-order valence-electron chi connectivity index (χ0n) is 15.9. The SMILES string of the molecule is CC[C@@H](NC(=O)[C@@H](C)N(c1ccc(Cl)cc1)S(C)(=O)=O)c1ccc(C)cc1. The topological polar surface area (TPSA) is 66.5 Å². The third-order valence-corrected chi connectivity index (χ3v) is 5.87. The average Bonchev–Trinajstić information content (AvgIpc) is 2.61. The van der Waals surface area contributed by atoms with Crippen molar-refractivity contribution >= 4 is 33.2 Å². The van der Waals surface area contributed by atoms with Gasteiger partial charge in [-0.1, -0.05) is 48.4 Å². The van der Waals surface area contributed by atoms with E-state index in [0.717, 1.165) is 21.7 Å². The molecule has 27 heavy (non-hydrogen) atoms. The van der Waals surface area contributed by atoms with Crippen molar-refractivity contribution in [2.75, 3.05) is 10.6 Å². The molecule has 0 saturated heterocycles. The molecule has 2 atom stereocenters. The predicted molar refractivity (Wildman–Crippen MR) is 111 cm³/mol. The van der Waals surface area contributed by atoms with Crippen LogP contribution in [0.1, 0.15) is 37.4 Å². The minimum absolute atomic E-state index is 0.188. The number of carbonyl (C=O) groups excluding carboxylic acids is 1. The summed E-state index contributed by atoms with van der Waals surface area (Å²) in [6.07, 6.45) is 1.78. The maximum Gasteiger partial charge on any atom is 0.244 e. The first-order valence-corrected chi connectivity index (χ1v) is 11.0. The summed E-state index contributed by atoms with van der Waals surface area (Å²) < 4.78 is 25.8. The summed E-state index contributed by atoms with van der Waals surface area (Å²) >= 11 is 5.89. The van der Waals surface area contributed by atoms with Gasteiger partial charge in [-0.25, -0.2) is 8.42 Å². The van der Waals surface area contributed by atoms with Gasteiger partial charge in [0.2, 0.25) is 15.9 Å². The molecule has 0 saturated carbocycles. The fourth-order valence-electron chi connectivity index (χ4n) is 2.91. The van der Waals surface area contributed by atoms with Crippen molar-refractivity contribution in [3.05, 3.63) is 64.7 Å². The molecule has 0 bridgehead atoms. The van der Waals surface area contributed by atoms with Crippen LogP contribution in [0.25, 0.3) is 0 Å². The van der Waals surface area contributed by atoms with Crippen molar-refractivity contribution < 1.29 is 13.2 Å². The largest absolute Gasteiger partial charge is 0.347 e. The summed E-state index contributed by atoms with van der Waals surface area (Å²) in [5, 5.41) is 3.46. The fraction of sp³-hybridized carbons (Fsp3) is 0.350. The maximum absolute atomic E-state index is 12.8. The zero-order chi connectivity index (χ0) is 20.2. The summed E-state index contributed by atoms with van der Waals surface area (Å²) in [6.45, 7) is 5.55. The van der Waals surface area contributed by atoms with Crippen LogP contribution >= 0.6 is 11.6 Å². The van der Waals surface area contributed by atoms with Gasteiger partial charge in [0.15, 0.2) is 0 Å². The van der Waals surface area contributed by atoms with Gasteiger partial charge in [-0.15, -0.1) is 0 Å². The van der Waals surface area contributed by atoms with E-state index in [-0.39, 0.29) is 11.9 Å². The molecule has 0 aromatic heterocycles. The van der Waals surface area contributed by atoms with Crippen LogP contribution in [-0.2, 0) is 14.8 Å². The Kier molecular flexibility index (Phi) is 6.89. The quantitative estimate of drug-likeness (QED) is 0.750. The Morgan fingerprint density at radius 2 is 1.67 bits per heavy atom. The second kappa shape index (κ2) is 8.76. The number of nitrogens with zero attached hydrogens (tertiary/aromatic N) is 1. The van der Waals surface area contributed by atoms with Gasteiger partial charge < -0.3 is 5.32 Å². The number of anilines is 1. The summed E-state index contributed by atoms with van der Waals surface area (Å²) in [4.78, 5) is 12.8. The number of hydrogen-bond donors (Lipinski definition) is 1. The van der Waals surface area contributed by atoms with Gasteiger partial charge in [0.25, 0.3) is 0 Å². The first kappa shape index (κ1) is 21.3. The molecule has 1 N–H and O–H groups in total. The van der Waals surface area contributed by atoms with Crippen LogP contribution in [0.15, 0.2) is 48.5 Å². The highest BCUT2D eigenvalue weighted by molar-refractivity contribution is 7.92. The molecule has 0 unspecified atom stereocenters. The van der Waals surface area contributed by atoms with Crippen molar-refractivity contribution in [2.45, 2.75) is 39.3 Å². The van der Waals surface area contributed by atoms with Gasteiger partial charge in [0.05, 0.1) is 18.0 Å². The number of halogens is 1. The second-order valence-corrected chi connectivity index (χ2v) is 8.89. The first-order valence-electron chi connectivity index (χ1n) is 8.75. The van der Waals surface area contributed by atoms with Crippen molar-refractivity contribution in [1.29, 1.82) is 0 Å². The summed E-state index contributed by atoms with van der Waals surface area (Å²) in [6, 6.07) is 13.2. The molecule has 5 nitrogen and oxygen atoms in total. The van der Waals surface area contributed by atoms with E-state index in [4.69, 9.17) is 11.6 Å². The number of carbonyl (C=O) groups is 1. The van der Waals surface area contributed by atoms with Crippen LogP contribution in [-0.4, -0.2) is 26.6 Å². The highest BCUT2D eigenvalue weighted by atomic mass is 35.5. The minimum atomic E-state index is -3.66. The number of benzene rings is 2. The molecule has 0 aliphatic heterocycles. The van der Waals surface area contributed by atoms with E-state index in [2.05, 4.69) is 5.32 Å². The summed E-state index contributed by atoms with van der Waals surface area (Å²) in [5.74, 6) is -0.359. The molecule has 2 rings (SSSR count). The lowest BCUT2D eigenvalue weighted by Crippen LogP contribution is -2.48. The molecule has 1 amide bonds. The van der Waals surface area contributed by atoms with Crippen LogP contribution in [0, 0.1) is 6.92 Å². The van der Waals surface area contributed by atoms with Crippen LogP contribution < -0.4 is 9.62 Å².